The number of carbonyl (C=O) groups is 4. The fourth-order valence-corrected chi connectivity index (χ4v) is 5.92. The van der Waals surface area contributed by atoms with Crippen LogP contribution in [-0.2, 0) is 65.4 Å². The summed E-state index contributed by atoms with van der Waals surface area (Å²) in [5, 5.41) is 10.1. The SMILES string of the molecule is CCCCCCCCCCC(=O)OC[C@H](COP(=O)(O)OC[C@@H](O)COP(=O)(O)OC[C@@H](COC(=O)CCCC)OC(=O)CC)OC(=O)CCCCC. The summed E-state index contributed by atoms with van der Waals surface area (Å²) < 4.78 is 64.7. The van der Waals surface area contributed by atoms with E-state index in [0.717, 1.165) is 44.9 Å². The lowest BCUT2D eigenvalue weighted by Crippen LogP contribution is -2.30. The summed E-state index contributed by atoms with van der Waals surface area (Å²) in [5.41, 5.74) is 0. The van der Waals surface area contributed by atoms with Gasteiger partial charge in [-0.05, 0) is 19.3 Å². The van der Waals surface area contributed by atoms with Crippen LogP contribution in [0.25, 0.3) is 0 Å². The lowest BCUT2D eigenvalue weighted by Gasteiger charge is -2.21. The Balaban J connectivity index is 4.88. The van der Waals surface area contributed by atoms with Gasteiger partial charge in [-0.3, -0.25) is 37.3 Å². The fourth-order valence-electron chi connectivity index (χ4n) is 4.34. The quantitative estimate of drug-likeness (QED) is 0.0278. The van der Waals surface area contributed by atoms with Gasteiger partial charge in [0.2, 0.25) is 0 Å². The van der Waals surface area contributed by atoms with Crippen LogP contribution in [0.3, 0.4) is 0 Å². The Morgan fingerprint density at radius 2 is 0.830 bits per heavy atom. The molecule has 0 aromatic carbocycles. The van der Waals surface area contributed by atoms with E-state index in [1.165, 1.54) is 26.2 Å². The van der Waals surface area contributed by atoms with E-state index in [-0.39, 0.29) is 25.7 Å². The number of aliphatic hydroxyl groups excluding tert-OH is 1. The minimum absolute atomic E-state index is 0.0180. The van der Waals surface area contributed by atoms with Crippen molar-refractivity contribution in [2.45, 2.75) is 155 Å². The third-order valence-corrected chi connectivity index (χ3v) is 9.31. The van der Waals surface area contributed by atoms with Gasteiger partial charge in [0.1, 0.15) is 19.3 Å². The standard InChI is InChI=1S/C34H64O17P2/c1-5-9-12-13-14-15-16-18-20-33(38)45-25-30(51-34(39)21-17-10-6-2)27-49-53(42,43)47-23-28(35)22-46-52(40,41)48-26-29(50-31(36)8-4)24-44-32(37)19-11-7-3/h28-30,35H,5-27H2,1-4H3,(H,40,41)(H,42,43)/t28-,29+,30+/m0/s1. The van der Waals surface area contributed by atoms with Crippen molar-refractivity contribution in [3.63, 3.8) is 0 Å². The van der Waals surface area contributed by atoms with Gasteiger partial charge in [-0.25, -0.2) is 9.13 Å². The van der Waals surface area contributed by atoms with Gasteiger partial charge in [-0.15, -0.1) is 0 Å². The van der Waals surface area contributed by atoms with Gasteiger partial charge in [0.15, 0.2) is 12.2 Å². The Morgan fingerprint density at radius 3 is 1.30 bits per heavy atom. The van der Waals surface area contributed by atoms with E-state index in [2.05, 4.69) is 6.92 Å². The van der Waals surface area contributed by atoms with Gasteiger partial charge in [-0.2, -0.15) is 0 Å². The molecule has 5 atom stereocenters. The molecular formula is C34H64O17P2. The summed E-state index contributed by atoms with van der Waals surface area (Å²) in [7, 11) is -9.75. The molecule has 0 saturated heterocycles. The molecule has 0 spiro atoms. The van der Waals surface area contributed by atoms with E-state index in [9.17, 15) is 43.2 Å². The van der Waals surface area contributed by atoms with Crippen LogP contribution in [0.15, 0.2) is 0 Å². The molecular weight excluding hydrogens is 742 g/mol. The third-order valence-electron chi connectivity index (χ3n) is 7.41. The van der Waals surface area contributed by atoms with Crippen LogP contribution < -0.4 is 0 Å². The van der Waals surface area contributed by atoms with E-state index < -0.39 is 97.5 Å². The maximum atomic E-state index is 12.5. The van der Waals surface area contributed by atoms with E-state index in [1.807, 2.05) is 13.8 Å². The Morgan fingerprint density at radius 1 is 0.472 bits per heavy atom. The molecule has 0 aliphatic rings. The Hall–Kier alpha value is -1.94. The van der Waals surface area contributed by atoms with Crippen LogP contribution in [0.1, 0.15) is 137 Å². The summed E-state index contributed by atoms with van der Waals surface area (Å²) in [5.74, 6) is -2.34. The Kier molecular flexibility index (Phi) is 30.1. The molecule has 0 bridgehead atoms. The minimum Gasteiger partial charge on any atom is -0.462 e. The molecule has 0 amide bonds. The van der Waals surface area contributed by atoms with Crippen molar-refractivity contribution in [3.8, 4) is 0 Å². The molecule has 312 valence electrons. The van der Waals surface area contributed by atoms with Crippen molar-refractivity contribution >= 4 is 39.5 Å². The van der Waals surface area contributed by atoms with Crippen LogP contribution in [-0.4, -0.2) is 96.7 Å². The smallest absolute Gasteiger partial charge is 0.462 e. The number of carbonyl (C=O) groups excluding carboxylic acids is 4. The van der Waals surface area contributed by atoms with E-state index >= 15 is 0 Å². The molecule has 0 fully saturated rings. The van der Waals surface area contributed by atoms with Gasteiger partial charge in [-0.1, -0.05) is 91.9 Å². The zero-order valence-electron chi connectivity index (χ0n) is 31.9. The van der Waals surface area contributed by atoms with Gasteiger partial charge in [0.05, 0.1) is 26.4 Å². The van der Waals surface area contributed by atoms with E-state index in [1.54, 1.807) is 0 Å². The zero-order chi connectivity index (χ0) is 40.0. The maximum absolute atomic E-state index is 12.5. The number of phosphoric acid groups is 2. The molecule has 0 heterocycles. The van der Waals surface area contributed by atoms with E-state index in [4.69, 9.17) is 37.0 Å². The minimum atomic E-state index is -4.88. The molecule has 0 aromatic heterocycles. The first-order valence-electron chi connectivity index (χ1n) is 18.8. The van der Waals surface area contributed by atoms with Crippen molar-refractivity contribution in [3.05, 3.63) is 0 Å². The van der Waals surface area contributed by atoms with Gasteiger partial charge < -0.3 is 33.8 Å². The fraction of sp³-hybridized carbons (Fsp3) is 0.882. The lowest BCUT2D eigenvalue weighted by atomic mass is 10.1. The third kappa shape index (κ3) is 31.0. The van der Waals surface area contributed by atoms with Crippen molar-refractivity contribution < 1.29 is 80.2 Å². The van der Waals surface area contributed by atoms with Crippen LogP contribution in [0.5, 0.6) is 0 Å². The average molecular weight is 807 g/mol. The molecule has 0 saturated carbocycles. The predicted octanol–water partition coefficient (Wildman–Crippen LogP) is 6.24. The van der Waals surface area contributed by atoms with Gasteiger partial charge in [0.25, 0.3) is 0 Å². The van der Waals surface area contributed by atoms with Crippen LogP contribution in [0.2, 0.25) is 0 Å². The summed E-state index contributed by atoms with van der Waals surface area (Å²) >= 11 is 0. The first-order chi connectivity index (χ1) is 25.2. The number of rotatable bonds is 35. The second-order valence-electron chi connectivity index (χ2n) is 12.5. The molecule has 0 aliphatic heterocycles. The van der Waals surface area contributed by atoms with Crippen molar-refractivity contribution in [2.75, 3.05) is 39.6 Å². The molecule has 0 aliphatic carbocycles. The second kappa shape index (κ2) is 31.3. The molecule has 19 heteroatoms. The van der Waals surface area contributed by atoms with Crippen molar-refractivity contribution in [2.24, 2.45) is 0 Å². The molecule has 0 aromatic rings. The lowest BCUT2D eigenvalue weighted by molar-refractivity contribution is -0.161. The van der Waals surface area contributed by atoms with Gasteiger partial charge >= 0.3 is 39.5 Å². The first-order valence-corrected chi connectivity index (χ1v) is 21.8. The van der Waals surface area contributed by atoms with Crippen LogP contribution in [0.4, 0.5) is 0 Å². The van der Waals surface area contributed by atoms with Crippen molar-refractivity contribution in [1.29, 1.82) is 0 Å². The summed E-state index contributed by atoms with van der Waals surface area (Å²) in [4.78, 5) is 68.3. The van der Waals surface area contributed by atoms with Crippen LogP contribution in [0, 0.1) is 0 Å². The number of hydrogen-bond acceptors (Lipinski definition) is 15. The monoisotopic (exact) mass is 806 g/mol. The number of ether oxygens (including phenoxy) is 4. The highest BCUT2D eigenvalue weighted by Gasteiger charge is 2.30. The highest BCUT2D eigenvalue weighted by molar-refractivity contribution is 7.47. The molecule has 3 N–H and O–H groups in total. The molecule has 0 rings (SSSR count). The van der Waals surface area contributed by atoms with Crippen molar-refractivity contribution in [1.82, 2.24) is 0 Å². The number of phosphoric ester groups is 2. The highest BCUT2D eigenvalue weighted by atomic mass is 31.2. The largest absolute Gasteiger partial charge is 0.472 e. The normalized spacial score (nSPS) is 15.4. The summed E-state index contributed by atoms with van der Waals surface area (Å²) in [6.45, 7) is 3.52. The first kappa shape index (κ1) is 51.1. The molecule has 2 unspecified atom stereocenters. The topological polar surface area (TPSA) is 237 Å². The summed E-state index contributed by atoms with van der Waals surface area (Å²) in [6.07, 6.45) is 8.17. The maximum Gasteiger partial charge on any atom is 0.472 e. The number of unbranched alkanes of at least 4 members (excludes halogenated alkanes) is 10. The predicted molar refractivity (Wildman–Crippen MR) is 192 cm³/mol. The summed E-state index contributed by atoms with van der Waals surface area (Å²) in [6, 6.07) is 0. The Labute approximate surface area is 314 Å². The van der Waals surface area contributed by atoms with Crippen LogP contribution >= 0.6 is 15.6 Å². The zero-order valence-corrected chi connectivity index (χ0v) is 33.7. The molecule has 17 nitrogen and oxygen atoms in total. The molecule has 0 radical (unpaired) electrons. The molecule has 53 heavy (non-hydrogen) atoms. The second-order valence-corrected chi connectivity index (χ2v) is 15.4. The Bertz CT molecular complexity index is 1110. The number of esters is 4. The average Bonchev–Trinajstić information content (AvgIpc) is 3.12. The van der Waals surface area contributed by atoms with E-state index in [0.29, 0.717) is 19.3 Å². The van der Waals surface area contributed by atoms with Gasteiger partial charge in [0, 0.05) is 25.7 Å². The highest BCUT2D eigenvalue weighted by Crippen LogP contribution is 2.45. The number of hydrogen-bond donors (Lipinski definition) is 3. The number of aliphatic hydroxyl groups is 1.